The van der Waals surface area contributed by atoms with Crippen molar-refractivity contribution in [3.05, 3.63) is 66.0 Å². The number of anilines is 2. The van der Waals surface area contributed by atoms with Gasteiger partial charge in [-0.1, -0.05) is 24.3 Å². The van der Waals surface area contributed by atoms with E-state index in [-0.39, 0.29) is 11.9 Å². The Balaban J connectivity index is 1.44. The van der Waals surface area contributed by atoms with E-state index in [9.17, 15) is 28.2 Å². The minimum atomic E-state index is -4.74. The third kappa shape index (κ3) is 6.72. The highest BCUT2D eigenvalue weighted by atomic mass is 19.4. The predicted octanol–water partition coefficient (Wildman–Crippen LogP) is 5.99. The Labute approximate surface area is 245 Å². The highest BCUT2D eigenvalue weighted by Gasteiger charge is 2.38. The predicted molar refractivity (Wildman–Crippen MR) is 156 cm³/mol. The molecular formula is C30H31F3N6O4. The minimum absolute atomic E-state index is 0.133. The number of aromatic nitrogens is 3. The third-order valence-corrected chi connectivity index (χ3v) is 7.33. The molecule has 0 saturated carbocycles. The van der Waals surface area contributed by atoms with Crippen molar-refractivity contribution < 1.29 is 32.9 Å². The monoisotopic (exact) mass is 596 g/mol. The molecule has 1 saturated heterocycles. The summed E-state index contributed by atoms with van der Waals surface area (Å²) in [7, 11) is 0. The van der Waals surface area contributed by atoms with Crippen molar-refractivity contribution in [3.8, 4) is 22.9 Å². The van der Waals surface area contributed by atoms with Gasteiger partial charge in [0.25, 0.3) is 0 Å². The van der Waals surface area contributed by atoms with E-state index < -0.39 is 24.9 Å². The first kappa shape index (κ1) is 29.8. The first-order chi connectivity index (χ1) is 20.5. The fraction of sp³-hybridized carbons (Fsp3) is 0.333. The number of benzene rings is 2. The van der Waals surface area contributed by atoms with Gasteiger partial charge in [-0.25, -0.2) is 19.7 Å². The van der Waals surface area contributed by atoms with Gasteiger partial charge in [-0.15, -0.1) is 0 Å². The molecule has 5 rings (SSSR count). The summed E-state index contributed by atoms with van der Waals surface area (Å²) in [5.41, 5.74) is 3.06. The van der Waals surface area contributed by atoms with E-state index in [0.29, 0.717) is 58.1 Å². The number of piperidine rings is 1. The van der Waals surface area contributed by atoms with Crippen LogP contribution in [-0.2, 0) is 0 Å². The maximum atomic E-state index is 12.9. The summed E-state index contributed by atoms with van der Waals surface area (Å²) in [6, 6.07) is 12.3. The van der Waals surface area contributed by atoms with Crippen LogP contribution in [0, 0.1) is 13.8 Å². The number of nitrogens with zero attached hydrogens (tertiary/aromatic N) is 4. The molecule has 0 spiro atoms. The molecule has 2 unspecified atom stereocenters. The summed E-state index contributed by atoms with van der Waals surface area (Å²) in [4.78, 5) is 26.2. The molecule has 4 aromatic rings. The Morgan fingerprint density at radius 3 is 2.63 bits per heavy atom. The summed E-state index contributed by atoms with van der Waals surface area (Å²) in [6.07, 6.45) is -3.52. The average Bonchev–Trinajstić information content (AvgIpc) is 2.98. The molecule has 226 valence electrons. The Morgan fingerprint density at radius 1 is 1.09 bits per heavy atom. The van der Waals surface area contributed by atoms with Crippen molar-refractivity contribution in [1.29, 1.82) is 0 Å². The molecule has 0 radical (unpaired) electrons. The number of fused-ring (bicyclic) bond motifs is 1. The first-order valence-corrected chi connectivity index (χ1v) is 13.7. The number of carbonyl (C=O) groups is 1. The van der Waals surface area contributed by atoms with Crippen molar-refractivity contribution >= 4 is 28.5 Å². The van der Waals surface area contributed by atoms with Crippen molar-refractivity contribution in [2.45, 2.75) is 45.0 Å². The zero-order valence-corrected chi connectivity index (χ0v) is 23.5. The maximum absolute atomic E-state index is 12.9. The Kier molecular flexibility index (Phi) is 8.53. The Hall–Kier alpha value is -4.65. The molecule has 10 nitrogen and oxygen atoms in total. The molecule has 4 N–H and O–H groups in total. The molecule has 0 aliphatic carbocycles. The van der Waals surface area contributed by atoms with Crippen LogP contribution in [0.15, 0.2) is 54.9 Å². The van der Waals surface area contributed by atoms with Gasteiger partial charge < -0.3 is 30.5 Å². The van der Waals surface area contributed by atoms with Gasteiger partial charge in [0.2, 0.25) is 11.8 Å². The van der Waals surface area contributed by atoms with E-state index in [1.165, 1.54) is 4.90 Å². The molecule has 3 heterocycles. The van der Waals surface area contributed by atoms with Crippen LogP contribution in [0.25, 0.3) is 22.0 Å². The summed E-state index contributed by atoms with van der Waals surface area (Å²) < 4.78 is 45.2. The van der Waals surface area contributed by atoms with Crippen LogP contribution < -0.4 is 15.4 Å². The van der Waals surface area contributed by atoms with Crippen LogP contribution in [0.3, 0.4) is 0 Å². The van der Waals surface area contributed by atoms with E-state index in [1.807, 2.05) is 19.1 Å². The van der Waals surface area contributed by atoms with Gasteiger partial charge >= 0.3 is 12.3 Å². The topological polar surface area (TPSA) is 133 Å². The Bertz CT molecular complexity index is 1630. The van der Waals surface area contributed by atoms with Crippen LogP contribution >= 0.6 is 0 Å². The summed E-state index contributed by atoms with van der Waals surface area (Å²) >= 11 is 0. The normalized spacial score (nSPS) is 16.1. The molecule has 1 aliphatic rings. The second-order valence-corrected chi connectivity index (χ2v) is 10.4. The number of pyridine rings is 1. The van der Waals surface area contributed by atoms with Gasteiger partial charge in [-0.3, -0.25) is 0 Å². The quantitative estimate of drug-likeness (QED) is 0.194. The number of nitrogens with one attached hydrogen (secondary N) is 2. The molecule has 13 heteroatoms. The SMILES string of the molecule is Cc1ccc2c(Oc3ncccc3-c3ccnc(NC4CCCN(C(=O)O)C4)n3)c(C)ccc2c1NCC(O)C(F)(F)F. The van der Waals surface area contributed by atoms with E-state index in [4.69, 9.17) is 4.74 Å². The van der Waals surface area contributed by atoms with Crippen molar-refractivity contribution in [3.63, 3.8) is 0 Å². The van der Waals surface area contributed by atoms with Gasteiger partial charge in [-0.2, -0.15) is 13.2 Å². The van der Waals surface area contributed by atoms with Crippen LogP contribution in [0.1, 0.15) is 24.0 Å². The molecule has 2 aromatic heterocycles. The average molecular weight is 597 g/mol. The Morgan fingerprint density at radius 2 is 1.86 bits per heavy atom. The number of aliphatic hydroxyl groups excluding tert-OH is 1. The number of alkyl halides is 3. The largest absolute Gasteiger partial charge is 0.465 e. The van der Waals surface area contributed by atoms with Crippen molar-refractivity contribution in [2.24, 2.45) is 0 Å². The second-order valence-electron chi connectivity index (χ2n) is 10.4. The van der Waals surface area contributed by atoms with Crippen LogP contribution in [0.5, 0.6) is 11.6 Å². The molecule has 43 heavy (non-hydrogen) atoms. The number of aryl methyl sites for hydroxylation is 2. The zero-order valence-electron chi connectivity index (χ0n) is 23.5. The standard InChI is InChI=1S/C30H31F3N6O4/c1-17-7-10-21-20(25(17)36-15-24(40)30(31,32)33)9-8-18(2)26(21)43-27-22(6-3-12-34-27)23-11-13-35-28(38-23)37-19-5-4-14-39(16-19)29(41)42/h3,6-13,19,24,36,40H,4-5,14-16H2,1-2H3,(H,41,42)(H,35,37,38). The molecular weight excluding hydrogens is 565 g/mol. The lowest BCUT2D eigenvalue weighted by molar-refractivity contribution is -0.198. The number of hydrogen-bond donors (Lipinski definition) is 4. The molecule has 2 aromatic carbocycles. The van der Waals surface area contributed by atoms with Crippen LogP contribution in [0.2, 0.25) is 0 Å². The highest BCUT2D eigenvalue weighted by molar-refractivity contribution is 6.00. The summed E-state index contributed by atoms with van der Waals surface area (Å²) in [5, 5.41) is 26.1. The van der Waals surface area contributed by atoms with Crippen LogP contribution in [-0.4, -0.2) is 74.1 Å². The first-order valence-electron chi connectivity index (χ1n) is 13.7. The second kappa shape index (κ2) is 12.3. The number of hydrogen-bond acceptors (Lipinski definition) is 8. The molecule has 1 aliphatic heterocycles. The molecule has 2 atom stereocenters. The lowest BCUT2D eigenvalue weighted by Gasteiger charge is -2.31. The lowest BCUT2D eigenvalue weighted by atomic mass is 10.0. The number of aliphatic hydroxyl groups is 1. The zero-order chi connectivity index (χ0) is 30.7. The van der Waals surface area contributed by atoms with Crippen molar-refractivity contribution in [1.82, 2.24) is 19.9 Å². The van der Waals surface area contributed by atoms with E-state index in [2.05, 4.69) is 25.6 Å². The van der Waals surface area contributed by atoms with Crippen molar-refractivity contribution in [2.75, 3.05) is 30.3 Å². The molecule has 1 fully saturated rings. The molecule has 1 amide bonds. The number of halogens is 3. The third-order valence-electron chi connectivity index (χ3n) is 7.33. The fourth-order valence-electron chi connectivity index (χ4n) is 5.07. The maximum Gasteiger partial charge on any atom is 0.416 e. The number of likely N-dealkylation sites (tertiary alicyclic amines) is 1. The van der Waals surface area contributed by atoms with Gasteiger partial charge in [-0.05, 0) is 56.0 Å². The molecule has 0 bridgehead atoms. The number of rotatable bonds is 8. The van der Waals surface area contributed by atoms with E-state index >= 15 is 0 Å². The number of amides is 1. The van der Waals surface area contributed by atoms with Crippen LogP contribution in [0.4, 0.5) is 29.6 Å². The lowest BCUT2D eigenvalue weighted by Crippen LogP contribution is -2.44. The number of ether oxygens (including phenoxy) is 1. The summed E-state index contributed by atoms with van der Waals surface area (Å²) in [6.45, 7) is 3.75. The van der Waals surface area contributed by atoms with Gasteiger partial charge in [0.15, 0.2) is 6.10 Å². The van der Waals surface area contributed by atoms with Gasteiger partial charge in [0, 0.05) is 54.5 Å². The van der Waals surface area contributed by atoms with Gasteiger partial charge in [0.1, 0.15) is 5.75 Å². The van der Waals surface area contributed by atoms with Gasteiger partial charge in [0.05, 0.1) is 11.3 Å². The van der Waals surface area contributed by atoms with E-state index in [1.54, 1.807) is 49.6 Å². The highest BCUT2D eigenvalue weighted by Crippen LogP contribution is 2.40. The fourth-order valence-corrected chi connectivity index (χ4v) is 5.07. The summed E-state index contributed by atoms with van der Waals surface area (Å²) in [5.74, 6) is 1.08. The minimum Gasteiger partial charge on any atom is -0.465 e. The van der Waals surface area contributed by atoms with E-state index in [0.717, 1.165) is 18.4 Å². The smallest absolute Gasteiger partial charge is 0.416 e. The number of carboxylic acid groups (broad SMARTS) is 1.